The van der Waals surface area contributed by atoms with Crippen LogP contribution in [0, 0.1) is 11.6 Å². The molecule has 27 heavy (non-hydrogen) atoms. The zero-order valence-electron chi connectivity index (χ0n) is 14.4. The SMILES string of the molecule is O=C(c1ccc(F)cc1F)N1CCN(c2nc(-c3ccccc3)cs2)CC1. The largest absolute Gasteiger partial charge is 0.345 e. The van der Waals surface area contributed by atoms with E-state index >= 15 is 0 Å². The molecule has 4 nitrogen and oxygen atoms in total. The van der Waals surface area contributed by atoms with Crippen LogP contribution in [0.4, 0.5) is 13.9 Å². The van der Waals surface area contributed by atoms with Crippen LogP contribution in [0.5, 0.6) is 0 Å². The predicted molar refractivity (Wildman–Crippen MR) is 102 cm³/mol. The van der Waals surface area contributed by atoms with Crippen LogP contribution in [0.25, 0.3) is 11.3 Å². The van der Waals surface area contributed by atoms with E-state index in [0.717, 1.165) is 28.5 Å². The summed E-state index contributed by atoms with van der Waals surface area (Å²) in [6.07, 6.45) is 0. The molecule has 0 unspecified atom stereocenters. The van der Waals surface area contributed by atoms with Gasteiger partial charge >= 0.3 is 0 Å². The molecule has 1 saturated heterocycles. The minimum atomic E-state index is -0.824. The Morgan fingerprint density at radius 2 is 1.74 bits per heavy atom. The highest BCUT2D eigenvalue weighted by Gasteiger charge is 2.25. The first-order valence-corrected chi connectivity index (χ1v) is 9.50. The molecule has 0 aliphatic carbocycles. The van der Waals surface area contributed by atoms with Gasteiger partial charge in [-0.3, -0.25) is 4.79 Å². The van der Waals surface area contributed by atoms with E-state index in [1.165, 1.54) is 6.07 Å². The number of anilines is 1. The van der Waals surface area contributed by atoms with Crippen LogP contribution >= 0.6 is 11.3 Å². The Morgan fingerprint density at radius 3 is 2.44 bits per heavy atom. The first-order chi connectivity index (χ1) is 13.1. The van der Waals surface area contributed by atoms with Crippen LogP contribution in [0.15, 0.2) is 53.9 Å². The van der Waals surface area contributed by atoms with Gasteiger partial charge in [0.2, 0.25) is 0 Å². The predicted octanol–water partition coefficient (Wildman–Crippen LogP) is 4.05. The molecule has 2 heterocycles. The summed E-state index contributed by atoms with van der Waals surface area (Å²) in [5.74, 6) is -1.92. The van der Waals surface area contributed by atoms with Gasteiger partial charge < -0.3 is 9.80 Å². The van der Waals surface area contributed by atoms with Crippen molar-refractivity contribution in [1.29, 1.82) is 0 Å². The van der Waals surface area contributed by atoms with Gasteiger partial charge in [0, 0.05) is 43.2 Å². The second-order valence-electron chi connectivity index (χ2n) is 6.28. The van der Waals surface area contributed by atoms with Crippen molar-refractivity contribution in [3.8, 4) is 11.3 Å². The Kier molecular flexibility index (Phi) is 4.85. The number of halogens is 2. The zero-order valence-corrected chi connectivity index (χ0v) is 15.3. The number of benzene rings is 2. The van der Waals surface area contributed by atoms with Crippen molar-refractivity contribution in [2.75, 3.05) is 31.1 Å². The van der Waals surface area contributed by atoms with Crippen molar-refractivity contribution in [3.63, 3.8) is 0 Å². The average Bonchev–Trinajstić information content (AvgIpc) is 3.19. The van der Waals surface area contributed by atoms with Crippen LogP contribution in [0.3, 0.4) is 0 Å². The molecule has 0 spiro atoms. The van der Waals surface area contributed by atoms with Crippen molar-refractivity contribution in [2.45, 2.75) is 0 Å². The van der Waals surface area contributed by atoms with E-state index < -0.39 is 17.5 Å². The molecule has 4 rings (SSSR count). The number of carbonyl (C=O) groups excluding carboxylic acids is 1. The summed E-state index contributed by atoms with van der Waals surface area (Å²) in [5.41, 5.74) is 1.91. The smallest absolute Gasteiger partial charge is 0.256 e. The summed E-state index contributed by atoms with van der Waals surface area (Å²) in [5, 5.41) is 2.93. The number of rotatable bonds is 3. The molecule has 1 aliphatic heterocycles. The normalized spacial score (nSPS) is 14.4. The Morgan fingerprint density at radius 1 is 1.00 bits per heavy atom. The van der Waals surface area contributed by atoms with Gasteiger partial charge in [-0.2, -0.15) is 0 Å². The molecule has 1 amide bonds. The summed E-state index contributed by atoms with van der Waals surface area (Å²) < 4.78 is 26.9. The summed E-state index contributed by atoms with van der Waals surface area (Å²) >= 11 is 1.57. The van der Waals surface area contributed by atoms with E-state index in [9.17, 15) is 13.6 Å². The lowest BCUT2D eigenvalue weighted by Crippen LogP contribution is -2.49. The minimum Gasteiger partial charge on any atom is -0.345 e. The van der Waals surface area contributed by atoms with Crippen molar-refractivity contribution in [2.24, 2.45) is 0 Å². The minimum absolute atomic E-state index is 0.0922. The van der Waals surface area contributed by atoms with Crippen molar-refractivity contribution < 1.29 is 13.6 Å². The number of aromatic nitrogens is 1. The van der Waals surface area contributed by atoms with Gasteiger partial charge in [-0.05, 0) is 12.1 Å². The first-order valence-electron chi connectivity index (χ1n) is 8.62. The third-order valence-electron chi connectivity index (χ3n) is 4.56. The molecule has 0 bridgehead atoms. The Labute approximate surface area is 159 Å². The summed E-state index contributed by atoms with van der Waals surface area (Å²) in [6, 6.07) is 13.0. The molecular weight excluding hydrogens is 368 g/mol. The fourth-order valence-corrected chi connectivity index (χ4v) is 3.97. The lowest BCUT2D eigenvalue weighted by Gasteiger charge is -2.34. The van der Waals surface area contributed by atoms with E-state index in [1.807, 2.05) is 35.7 Å². The highest BCUT2D eigenvalue weighted by atomic mass is 32.1. The molecular formula is C20H17F2N3OS. The highest BCUT2D eigenvalue weighted by molar-refractivity contribution is 7.14. The molecule has 138 valence electrons. The van der Waals surface area contributed by atoms with Gasteiger partial charge in [0.25, 0.3) is 5.91 Å². The first kappa shape index (κ1) is 17.6. The highest BCUT2D eigenvalue weighted by Crippen LogP contribution is 2.28. The maximum absolute atomic E-state index is 13.9. The monoisotopic (exact) mass is 385 g/mol. The third kappa shape index (κ3) is 3.68. The third-order valence-corrected chi connectivity index (χ3v) is 5.46. The zero-order chi connectivity index (χ0) is 18.8. The average molecular weight is 385 g/mol. The van der Waals surface area contributed by atoms with Crippen molar-refractivity contribution in [1.82, 2.24) is 9.88 Å². The summed E-state index contributed by atoms with van der Waals surface area (Å²) in [4.78, 5) is 20.9. The van der Waals surface area contributed by atoms with Gasteiger partial charge in [0.15, 0.2) is 5.13 Å². The lowest BCUT2D eigenvalue weighted by atomic mass is 10.1. The molecule has 0 radical (unpaired) electrons. The molecule has 0 saturated carbocycles. The molecule has 1 fully saturated rings. The van der Waals surface area contributed by atoms with Crippen molar-refractivity contribution in [3.05, 3.63) is 71.1 Å². The molecule has 3 aromatic rings. The Hall–Kier alpha value is -2.80. The number of thiazole rings is 1. The topological polar surface area (TPSA) is 36.4 Å². The van der Waals surface area contributed by atoms with E-state index in [1.54, 1.807) is 16.2 Å². The van der Waals surface area contributed by atoms with Gasteiger partial charge in [-0.15, -0.1) is 11.3 Å². The molecule has 7 heteroatoms. The molecule has 1 aliphatic rings. The second kappa shape index (κ2) is 7.44. The van der Waals surface area contributed by atoms with Crippen LogP contribution in [-0.4, -0.2) is 42.0 Å². The fraction of sp³-hybridized carbons (Fsp3) is 0.200. The number of carbonyl (C=O) groups is 1. The van der Waals surface area contributed by atoms with Crippen LogP contribution < -0.4 is 4.90 Å². The van der Waals surface area contributed by atoms with Gasteiger partial charge in [0.1, 0.15) is 11.6 Å². The fourth-order valence-electron chi connectivity index (χ4n) is 3.09. The van der Waals surface area contributed by atoms with Gasteiger partial charge in [-0.25, -0.2) is 13.8 Å². The molecule has 0 atom stereocenters. The quantitative estimate of drug-likeness (QED) is 0.683. The van der Waals surface area contributed by atoms with E-state index in [2.05, 4.69) is 4.90 Å². The van der Waals surface area contributed by atoms with E-state index in [0.29, 0.717) is 26.2 Å². The van der Waals surface area contributed by atoms with Gasteiger partial charge in [-0.1, -0.05) is 30.3 Å². The number of piperazine rings is 1. The standard InChI is InChI=1S/C20H17F2N3OS/c21-15-6-7-16(17(22)12-15)19(26)24-8-10-25(11-9-24)20-23-18(13-27-20)14-4-2-1-3-5-14/h1-7,12-13H,8-11H2. The van der Waals surface area contributed by atoms with Crippen LogP contribution in [0.2, 0.25) is 0 Å². The Bertz CT molecular complexity index is 953. The number of nitrogens with zero attached hydrogens (tertiary/aromatic N) is 3. The van der Waals surface area contributed by atoms with Gasteiger partial charge in [0.05, 0.1) is 11.3 Å². The number of hydrogen-bond acceptors (Lipinski definition) is 4. The number of hydrogen-bond donors (Lipinski definition) is 0. The summed E-state index contributed by atoms with van der Waals surface area (Å²) in [7, 11) is 0. The lowest BCUT2D eigenvalue weighted by molar-refractivity contribution is 0.0742. The maximum atomic E-state index is 13.9. The maximum Gasteiger partial charge on any atom is 0.256 e. The number of amides is 1. The van der Waals surface area contributed by atoms with Crippen LogP contribution in [0.1, 0.15) is 10.4 Å². The van der Waals surface area contributed by atoms with Crippen LogP contribution in [-0.2, 0) is 0 Å². The Balaban J connectivity index is 1.42. The van der Waals surface area contributed by atoms with Crippen molar-refractivity contribution >= 4 is 22.4 Å². The second-order valence-corrected chi connectivity index (χ2v) is 7.12. The van der Waals surface area contributed by atoms with E-state index in [-0.39, 0.29) is 5.56 Å². The molecule has 2 aromatic carbocycles. The molecule has 0 N–H and O–H groups in total. The summed E-state index contributed by atoms with van der Waals surface area (Å²) in [6.45, 7) is 2.18. The molecule has 1 aromatic heterocycles. The van der Waals surface area contributed by atoms with E-state index in [4.69, 9.17) is 4.98 Å².